The van der Waals surface area contributed by atoms with Crippen LogP contribution in [0.1, 0.15) is 10.4 Å². The molecule has 1 aromatic heterocycles. The van der Waals surface area contributed by atoms with Crippen molar-refractivity contribution in [2.75, 3.05) is 19.8 Å². The first-order chi connectivity index (χ1) is 10.3. The summed E-state index contributed by atoms with van der Waals surface area (Å²) in [5, 5.41) is 1.97. The molecular formula is C17H14O4. The van der Waals surface area contributed by atoms with Crippen molar-refractivity contribution in [1.82, 2.24) is 0 Å². The Morgan fingerprint density at radius 2 is 1.86 bits per heavy atom. The number of carbonyl (C=O) groups excluding carboxylic acids is 1. The zero-order valence-electron chi connectivity index (χ0n) is 11.4. The van der Waals surface area contributed by atoms with Crippen LogP contribution in [-0.2, 0) is 9.47 Å². The number of hydrogen-bond donors (Lipinski definition) is 0. The average molecular weight is 282 g/mol. The number of fused-ring (bicyclic) bond motifs is 3. The number of ether oxygens (including phenoxy) is 2. The highest BCUT2D eigenvalue weighted by atomic mass is 16.6. The third kappa shape index (κ3) is 2.13. The van der Waals surface area contributed by atoms with Crippen LogP contribution < -0.4 is 0 Å². The van der Waals surface area contributed by atoms with Gasteiger partial charge in [-0.1, -0.05) is 18.2 Å². The van der Waals surface area contributed by atoms with Crippen LogP contribution in [0.3, 0.4) is 0 Å². The molecule has 1 unspecified atom stereocenters. The summed E-state index contributed by atoms with van der Waals surface area (Å²) in [4.78, 5) is 12.5. The standard InChI is InChI=1S/C17H14O4/c18-17(16-10-19-7-8-20-16)11-5-6-15-13(9-11)12-3-1-2-4-14(12)21-15/h1-6,9,16H,7-8,10H2. The molecular weight excluding hydrogens is 268 g/mol. The summed E-state index contributed by atoms with van der Waals surface area (Å²) in [5.41, 5.74) is 2.24. The van der Waals surface area contributed by atoms with Gasteiger partial charge in [0.2, 0.25) is 0 Å². The Balaban J connectivity index is 1.78. The van der Waals surface area contributed by atoms with E-state index in [2.05, 4.69) is 0 Å². The Morgan fingerprint density at radius 3 is 2.71 bits per heavy atom. The number of carbonyl (C=O) groups is 1. The zero-order valence-corrected chi connectivity index (χ0v) is 11.4. The van der Waals surface area contributed by atoms with E-state index in [4.69, 9.17) is 13.9 Å². The number of rotatable bonds is 2. The van der Waals surface area contributed by atoms with Gasteiger partial charge in [-0.2, -0.15) is 0 Å². The van der Waals surface area contributed by atoms with Crippen LogP contribution in [0.2, 0.25) is 0 Å². The third-order valence-corrected chi connectivity index (χ3v) is 3.77. The fourth-order valence-electron chi connectivity index (χ4n) is 2.70. The molecule has 4 nitrogen and oxygen atoms in total. The van der Waals surface area contributed by atoms with Gasteiger partial charge in [0.1, 0.15) is 17.3 Å². The molecule has 0 amide bonds. The topological polar surface area (TPSA) is 48.7 Å². The minimum atomic E-state index is -0.505. The maximum Gasteiger partial charge on any atom is 0.193 e. The van der Waals surface area contributed by atoms with Crippen molar-refractivity contribution < 1.29 is 18.7 Å². The van der Waals surface area contributed by atoms with Crippen LogP contribution in [-0.4, -0.2) is 31.7 Å². The second-order valence-electron chi connectivity index (χ2n) is 5.11. The Hall–Kier alpha value is -2.17. The second kappa shape index (κ2) is 4.98. The summed E-state index contributed by atoms with van der Waals surface area (Å²) >= 11 is 0. The lowest BCUT2D eigenvalue weighted by Crippen LogP contribution is -2.35. The van der Waals surface area contributed by atoms with Gasteiger partial charge in [0.15, 0.2) is 5.78 Å². The van der Waals surface area contributed by atoms with Gasteiger partial charge in [-0.25, -0.2) is 0 Å². The Labute approximate surface area is 121 Å². The lowest BCUT2D eigenvalue weighted by Gasteiger charge is -2.21. The Kier molecular flexibility index (Phi) is 2.98. The molecule has 1 aliphatic rings. The molecule has 1 atom stereocenters. The van der Waals surface area contributed by atoms with Gasteiger partial charge >= 0.3 is 0 Å². The van der Waals surface area contributed by atoms with Crippen molar-refractivity contribution >= 4 is 27.7 Å². The lowest BCUT2D eigenvalue weighted by atomic mass is 10.0. The fraction of sp³-hybridized carbons (Fsp3) is 0.235. The summed E-state index contributed by atoms with van der Waals surface area (Å²) in [5.74, 6) is -0.0399. The predicted molar refractivity (Wildman–Crippen MR) is 78.6 cm³/mol. The smallest absolute Gasteiger partial charge is 0.193 e. The van der Waals surface area contributed by atoms with Gasteiger partial charge in [-0.3, -0.25) is 4.79 Å². The van der Waals surface area contributed by atoms with Crippen molar-refractivity contribution in [3.05, 3.63) is 48.0 Å². The van der Waals surface area contributed by atoms with E-state index in [0.29, 0.717) is 25.4 Å². The molecule has 1 aliphatic heterocycles. The molecule has 0 saturated carbocycles. The Bertz CT molecular complexity index is 812. The quantitative estimate of drug-likeness (QED) is 0.677. The minimum Gasteiger partial charge on any atom is -0.456 e. The minimum absolute atomic E-state index is 0.0399. The molecule has 0 spiro atoms. The van der Waals surface area contributed by atoms with E-state index in [9.17, 15) is 4.79 Å². The Morgan fingerprint density at radius 1 is 1.00 bits per heavy atom. The van der Waals surface area contributed by atoms with Crippen LogP contribution >= 0.6 is 0 Å². The van der Waals surface area contributed by atoms with E-state index in [-0.39, 0.29) is 5.78 Å². The molecule has 0 radical (unpaired) electrons. The van der Waals surface area contributed by atoms with Gasteiger partial charge in [0, 0.05) is 16.3 Å². The molecule has 0 N–H and O–H groups in total. The van der Waals surface area contributed by atoms with Gasteiger partial charge in [0.05, 0.1) is 19.8 Å². The SMILES string of the molecule is O=C(c1ccc2oc3ccccc3c2c1)C1COCCO1. The van der Waals surface area contributed by atoms with Gasteiger partial charge in [-0.05, 0) is 24.3 Å². The molecule has 1 fully saturated rings. The molecule has 4 heteroatoms. The highest BCUT2D eigenvalue weighted by molar-refractivity contribution is 6.09. The first-order valence-corrected chi connectivity index (χ1v) is 6.98. The molecule has 3 aromatic rings. The van der Waals surface area contributed by atoms with Crippen LogP contribution in [0.4, 0.5) is 0 Å². The van der Waals surface area contributed by atoms with E-state index in [1.54, 1.807) is 6.07 Å². The number of hydrogen-bond acceptors (Lipinski definition) is 4. The predicted octanol–water partition coefficient (Wildman–Crippen LogP) is 3.18. The fourth-order valence-corrected chi connectivity index (χ4v) is 2.70. The van der Waals surface area contributed by atoms with Crippen molar-refractivity contribution in [3.8, 4) is 0 Å². The number of benzene rings is 2. The number of furan rings is 1. The third-order valence-electron chi connectivity index (χ3n) is 3.77. The number of para-hydroxylation sites is 1. The second-order valence-corrected chi connectivity index (χ2v) is 5.11. The molecule has 1 saturated heterocycles. The van der Waals surface area contributed by atoms with Gasteiger partial charge in [-0.15, -0.1) is 0 Å². The van der Waals surface area contributed by atoms with Crippen LogP contribution in [0.15, 0.2) is 46.9 Å². The summed E-state index contributed by atoms with van der Waals surface area (Å²) < 4.78 is 16.5. The summed E-state index contributed by atoms with van der Waals surface area (Å²) in [6.07, 6.45) is -0.505. The molecule has 21 heavy (non-hydrogen) atoms. The molecule has 106 valence electrons. The number of Topliss-reactive ketones (excluding diaryl/α,β-unsaturated/α-hetero) is 1. The maximum absolute atomic E-state index is 12.5. The van der Waals surface area contributed by atoms with Crippen molar-refractivity contribution in [3.63, 3.8) is 0 Å². The monoisotopic (exact) mass is 282 g/mol. The molecule has 2 aromatic carbocycles. The highest BCUT2D eigenvalue weighted by Gasteiger charge is 2.24. The zero-order chi connectivity index (χ0) is 14.2. The van der Waals surface area contributed by atoms with E-state index in [0.717, 1.165) is 21.9 Å². The molecule has 2 heterocycles. The largest absolute Gasteiger partial charge is 0.456 e. The summed E-state index contributed by atoms with van der Waals surface area (Å²) in [7, 11) is 0. The van der Waals surface area contributed by atoms with Crippen molar-refractivity contribution in [2.24, 2.45) is 0 Å². The molecule has 0 bridgehead atoms. The first kappa shape index (κ1) is 12.6. The van der Waals surface area contributed by atoms with Crippen molar-refractivity contribution in [2.45, 2.75) is 6.10 Å². The van der Waals surface area contributed by atoms with E-state index in [1.165, 1.54) is 0 Å². The van der Waals surface area contributed by atoms with E-state index in [1.807, 2.05) is 36.4 Å². The number of ketones is 1. The van der Waals surface area contributed by atoms with Gasteiger partial charge in [0.25, 0.3) is 0 Å². The van der Waals surface area contributed by atoms with Crippen LogP contribution in [0.25, 0.3) is 21.9 Å². The first-order valence-electron chi connectivity index (χ1n) is 6.98. The van der Waals surface area contributed by atoms with E-state index < -0.39 is 6.10 Å². The highest BCUT2D eigenvalue weighted by Crippen LogP contribution is 2.29. The molecule has 0 aliphatic carbocycles. The summed E-state index contributed by atoms with van der Waals surface area (Å²) in [6.45, 7) is 1.34. The summed E-state index contributed by atoms with van der Waals surface area (Å²) in [6, 6.07) is 13.3. The normalized spacial score (nSPS) is 19.1. The van der Waals surface area contributed by atoms with Crippen LogP contribution in [0.5, 0.6) is 0 Å². The van der Waals surface area contributed by atoms with Crippen molar-refractivity contribution in [1.29, 1.82) is 0 Å². The molecule has 4 rings (SSSR count). The average Bonchev–Trinajstić information content (AvgIpc) is 2.93. The maximum atomic E-state index is 12.5. The van der Waals surface area contributed by atoms with E-state index >= 15 is 0 Å². The van der Waals surface area contributed by atoms with Gasteiger partial charge < -0.3 is 13.9 Å². The lowest BCUT2D eigenvalue weighted by molar-refractivity contribution is -0.0719. The van der Waals surface area contributed by atoms with Crippen LogP contribution in [0, 0.1) is 0 Å².